The van der Waals surface area contributed by atoms with Crippen LogP contribution in [-0.2, 0) is 10.8 Å². The summed E-state index contributed by atoms with van der Waals surface area (Å²) < 4.78 is 11.6. The highest BCUT2D eigenvalue weighted by molar-refractivity contribution is 7.89. The number of benzene rings is 1. The van der Waals surface area contributed by atoms with E-state index in [0.717, 1.165) is 10.5 Å². The van der Waals surface area contributed by atoms with Crippen molar-refractivity contribution in [1.82, 2.24) is 0 Å². The van der Waals surface area contributed by atoms with Crippen LogP contribution >= 0.6 is 0 Å². The fourth-order valence-corrected chi connectivity index (χ4v) is 1.73. The molecule has 2 heteroatoms. The van der Waals surface area contributed by atoms with Gasteiger partial charge >= 0.3 is 0 Å². The fourth-order valence-electron chi connectivity index (χ4n) is 0.889. The molecule has 0 unspecified atom stereocenters. The maximum atomic E-state index is 11.6. The summed E-state index contributed by atoms with van der Waals surface area (Å²) in [6.45, 7) is 9.18. The van der Waals surface area contributed by atoms with Crippen LogP contribution in [0.3, 0.4) is 0 Å². The molecule has 1 aromatic rings. The first kappa shape index (κ1) is 9.93. The van der Waals surface area contributed by atoms with Crippen molar-refractivity contribution in [3.05, 3.63) is 54.0 Å². The summed E-state index contributed by atoms with van der Waals surface area (Å²) in [6, 6.07) is 7.56. The van der Waals surface area contributed by atoms with Crippen LogP contribution in [0.15, 0.2) is 53.3 Å². The lowest BCUT2D eigenvalue weighted by molar-refractivity contribution is 0.687. The predicted molar refractivity (Wildman–Crippen MR) is 56.9 cm³/mol. The van der Waals surface area contributed by atoms with Gasteiger partial charge in [-0.1, -0.05) is 36.9 Å². The zero-order chi connectivity index (χ0) is 9.84. The van der Waals surface area contributed by atoms with Gasteiger partial charge in [0.2, 0.25) is 0 Å². The lowest BCUT2D eigenvalue weighted by atomic mass is 10.2. The van der Waals surface area contributed by atoms with Crippen LogP contribution in [0.5, 0.6) is 0 Å². The molecular formula is C11H12OS. The van der Waals surface area contributed by atoms with E-state index in [-0.39, 0.29) is 0 Å². The van der Waals surface area contributed by atoms with E-state index < -0.39 is 10.8 Å². The molecule has 0 aromatic heterocycles. The van der Waals surface area contributed by atoms with E-state index in [2.05, 4.69) is 13.2 Å². The summed E-state index contributed by atoms with van der Waals surface area (Å²) in [6.07, 6.45) is 1.52. The highest BCUT2D eigenvalue weighted by Crippen LogP contribution is 2.14. The molecule has 0 bridgehead atoms. The van der Waals surface area contributed by atoms with Crippen molar-refractivity contribution in [3.8, 4) is 0 Å². The highest BCUT2D eigenvalue weighted by atomic mass is 32.2. The average molecular weight is 192 g/mol. The van der Waals surface area contributed by atoms with Gasteiger partial charge < -0.3 is 0 Å². The van der Waals surface area contributed by atoms with E-state index >= 15 is 0 Å². The van der Waals surface area contributed by atoms with Gasteiger partial charge in [-0.15, -0.1) is 0 Å². The van der Waals surface area contributed by atoms with Crippen LogP contribution in [0.2, 0.25) is 0 Å². The number of hydrogen-bond donors (Lipinski definition) is 0. The molecule has 1 rings (SSSR count). The van der Waals surface area contributed by atoms with Gasteiger partial charge in [0.05, 0.1) is 10.8 Å². The van der Waals surface area contributed by atoms with E-state index in [1.807, 2.05) is 31.2 Å². The quantitative estimate of drug-likeness (QED) is 0.673. The SMILES string of the molecule is C=CC(=C)[S@@](=O)c1ccc(C)cc1. The Labute approximate surface area is 81.3 Å². The molecule has 1 atom stereocenters. The first-order chi connectivity index (χ1) is 6.15. The molecular weight excluding hydrogens is 180 g/mol. The Morgan fingerprint density at radius 1 is 1.38 bits per heavy atom. The zero-order valence-electron chi connectivity index (χ0n) is 7.62. The minimum absolute atomic E-state index is 0.545. The van der Waals surface area contributed by atoms with Gasteiger partial charge in [0.25, 0.3) is 0 Å². The van der Waals surface area contributed by atoms with E-state index in [9.17, 15) is 4.21 Å². The smallest absolute Gasteiger partial charge is 0.0843 e. The lowest BCUT2D eigenvalue weighted by Gasteiger charge is -2.01. The number of rotatable bonds is 3. The van der Waals surface area contributed by atoms with Crippen LogP contribution in [-0.4, -0.2) is 4.21 Å². The van der Waals surface area contributed by atoms with Crippen molar-refractivity contribution in [2.75, 3.05) is 0 Å². The Morgan fingerprint density at radius 2 is 1.92 bits per heavy atom. The molecule has 0 spiro atoms. The van der Waals surface area contributed by atoms with Crippen molar-refractivity contribution in [2.45, 2.75) is 11.8 Å². The van der Waals surface area contributed by atoms with Gasteiger partial charge in [-0.2, -0.15) is 0 Å². The molecule has 0 N–H and O–H groups in total. The fraction of sp³-hybridized carbons (Fsp3) is 0.0909. The van der Waals surface area contributed by atoms with Crippen LogP contribution in [0.25, 0.3) is 0 Å². The van der Waals surface area contributed by atoms with Crippen molar-refractivity contribution in [2.24, 2.45) is 0 Å². The number of hydrogen-bond acceptors (Lipinski definition) is 1. The topological polar surface area (TPSA) is 17.1 Å². The van der Waals surface area contributed by atoms with Crippen molar-refractivity contribution >= 4 is 10.8 Å². The second-order valence-corrected chi connectivity index (χ2v) is 4.29. The molecule has 0 heterocycles. The van der Waals surface area contributed by atoms with Crippen molar-refractivity contribution < 1.29 is 4.21 Å². The van der Waals surface area contributed by atoms with E-state index in [1.165, 1.54) is 6.08 Å². The van der Waals surface area contributed by atoms with Crippen molar-refractivity contribution in [3.63, 3.8) is 0 Å². The molecule has 13 heavy (non-hydrogen) atoms. The van der Waals surface area contributed by atoms with Gasteiger partial charge in [0, 0.05) is 9.80 Å². The Kier molecular flexibility index (Phi) is 3.20. The molecule has 1 nitrogen and oxygen atoms in total. The molecule has 0 aliphatic heterocycles. The maximum absolute atomic E-state index is 11.6. The molecule has 1 aromatic carbocycles. The standard InChI is InChI=1S/C11H12OS/c1-4-10(3)13(12)11-7-5-9(2)6-8-11/h4-8H,1,3H2,2H3/t13-/m1/s1. The van der Waals surface area contributed by atoms with Gasteiger partial charge in [0.15, 0.2) is 0 Å². The molecule has 0 radical (unpaired) electrons. The second kappa shape index (κ2) is 4.19. The summed E-state index contributed by atoms with van der Waals surface area (Å²) >= 11 is 0. The monoisotopic (exact) mass is 192 g/mol. The third kappa shape index (κ3) is 2.39. The molecule has 0 amide bonds. The third-order valence-corrected chi connectivity index (χ3v) is 3.04. The molecule has 0 saturated heterocycles. The minimum atomic E-state index is -1.15. The first-order valence-corrected chi connectivity index (χ1v) is 5.10. The first-order valence-electron chi connectivity index (χ1n) is 3.95. The van der Waals surface area contributed by atoms with Crippen LogP contribution < -0.4 is 0 Å². The predicted octanol–water partition coefficient (Wildman–Crippen LogP) is 2.80. The Bertz CT molecular complexity index is 349. The summed E-state index contributed by atoms with van der Waals surface area (Å²) in [7, 11) is -1.15. The normalized spacial score (nSPS) is 12.1. The van der Waals surface area contributed by atoms with Crippen LogP contribution in [0.1, 0.15) is 5.56 Å². The van der Waals surface area contributed by atoms with Gasteiger partial charge in [-0.05, 0) is 19.1 Å². The summed E-state index contributed by atoms with van der Waals surface area (Å²) in [5.74, 6) is 0. The van der Waals surface area contributed by atoms with Crippen LogP contribution in [0.4, 0.5) is 0 Å². The lowest BCUT2D eigenvalue weighted by Crippen LogP contribution is -1.91. The summed E-state index contributed by atoms with van der Waals surface area (Å²) in [5.41, 5.74) is 1.16. The van der Waals surface area contributed by atoms with Gasteiger partial charge in [0.1, 0.15) is 0 Å². The molecule has 0 fully saturated rings. The summed E-state index contributed by atoms with van der Waals surface area (Å²) in [5, 5.41) is 0. The number of aryl methyl sites for hydroxylation is 1. The molecule has 68 valence electrons. The molecule has 0 aliphatic carbocycles. The Hall–Kier alpha value is -1.15. The third-order valence-electron chi connectivity index (χ3n) is 1.70. The summed E-state index contributed by atoms with van der Waals surface area (Å²) in [4.78, 5) is 1.32. The number of allylic oxidation sites excluding steroid dienone is 1. The van der Waals surface area contributed by atoms with E-state index in [4.69, 9.17) is 0 Å². The van der Waals surface area contributed by atoms with Gasteiger partial charge in [-0.25, -0.2) is 4.21 Å². The maximum Gasteiger partial charge on any atom is 0.0843 e. The average Bonchev–Trinajstić information content (AvgIpc) is 2.17. The molecule has 0 aliphatic rings. The minimum Gasteiger partial charge on any atom is -0.249 e. The Morgan fingerprint density at radius 3 is 2.38 bits per heavy atom. The zero-order valence-corrected chi connectivity index (χ0v) is 8.43. The van der Waals surface area contributed by atoms with Crippen LogP contribution in [0, 0.1) is 6.92 Å². The Balaban J connectivity index is 2.96. The highest BCUT2D eigenvalue weighted by Gasteiger charge is 2.03. The van der Waals surface area contributed by atoms with Gasteiger partial charge in [-0.3, -0.25) is 0 Å². The largest absolute Gasteiger partial charge is 0.249 e. The van der Waals surface area contributed by atoms with E-state index in [0.29, 0.717) is 4.91 Å². The van der Waals surface area contributed by atoms with E-state index in [1.54, 1.807) is 0 Å². The second-order valence-electron chi connectivity index (χ2n) is 2.75. The molecule has 0 saturated carbocycles. The van der Waals surface area contributed by atoms with Crippen molar-refractivity contribution in [1.29, 1.82) is 0 Å².